The Morgan fingerprint density at radius 3 is 2.63 bits per heavy atom. The molecular formula is C11H15N5O2S. The average molecular weight is 281 g/mol. The van der Waals surface area contributed by atoms with Crippen molar-refractivity contribution in [1.29, 1.82) is 0 Å². The third kappa shape index (κ3) is 2.58. The molecule has 1 N–H and O–H groups in total. The molecule has 0 unspecified atom stereocenters. The van der Waals surface area contributed by atoms with Crippen molar-refractivity contribution in [1.82, 2.24) is 14.8 Å². The van der Waals surface area contributed by atoms with Crippen LogP contribution in [0.1, 0.15) is 21.3 Å². The van der Waals surface area contributed by atoms with Crippen LogP contribution in [0.4, 0.5) is 11.5 Å². The van der Waals surface area contributed by atoms with Crippen molar-refractivity contribution in [3.8, 4) is 0 Å². The molecule has 8 heteroatoms. The van der Waals surface area contributed by atoms with Gasteiger partial charge in [-0.3, -0.25) is 10.1 Å². The van der Waals surface area contributed by atoms with Crippen LogP contribution in [0, 0.1) is 30.9 Å². The maximum Gasteiger partial charge on any atom is 0.333 e. The summed E-state index contributed by atoms with van der Waals surface area (Å²) in [6.07, 6.45) is 0. The average Bonchev–Trinajstić information content (AvgIpc) is 2.75. The van der Waals surface area contributed by atoms with E-state index in [2.05, 4.69) is 15.4 Å². The normalized spacial score (nSPS) is 10.7. The molecule has 2 aromatic rings. The first-order chi connectivity index (χ1) is 8.90. The lowest BCUT2D eigenvalue weighted by Gasteiger charge is -2.04. The Labute approximate surface area is 114 Å². The zero-order valence-corrected chi connectivity index (χ0v) is 12.0. The van der Waals surface area contributed by atoms with Crippen LogP contribution in [0.3, 0.4) is 0 Å². The Hall–Kier alpha value is -1.96. The number of anilines is 1. The van der Waals surface area contributed by atoms with E-state index in [-0.39, 0.29) is 5.69 Å². The van der Waals surface area contributed by atoms with Crippen LogP contribution >= 0.6 is 11.3 Å². The van der Waals surface area contributed by atoms with Gasteiger partial charge in [-0.2, -0.15) is 5.10 Å². The number of nitrogens with zero attached hydrogens (tertiary/aromatic N) is 4. The predicted molar refractivity (Wildman–Crippen MR) is 73.5 cm³/mol. The topological polar surface area (TPSA) is 85.9 Å². The van der Waals surface area contributed by atoms with Gasteiger partial charge in [0.15, 0.2) is 0 Å². The van der Waals surface area contributed by atoms with Crippen LogP contribution in [-0.2, 0) is 13.6 Å². The maximum absolute atomic E-state index is 11.0. The molecule has 0 aliphatic heterocycles. The molecule has 0 fully saturated rings. The van der Waals surface area contributed by atoms with E-state index in [0.717, 1.165) is 15.6 Å². The summed E-state index contributed by atoms with van der Waals surface area (Å²) in [6.45, 7) is 6.01. The minimum atomic E-state index is -0.413. The van der Waals surface area contributed by atoms with E-state index in [1.165, 1.54) is 4.68 Å². The molecule has 2 heterocycles. The highest BCUT2D eigenvalue weighted by Gasteiger charge is 2.23. The third-order valence-electron chi connectivity index (χ3n) is 2.80. The van der Waals surface area contributed by atoms with E-state index in [0.29, 0.717) is 18.1 Å². The van der Waals surface area contributed by atoms with Crippen molar-refractivity contribution in [2.24, 2.45) is 7.05 Å². The van der Waals surface area contributed by atoms with Gasteiger partial charge < -0.3 is 5.32 Å². The minimum absolute atomic E-state index is 0.0205. The monoisotopic (exact) mass is 281 g/mol. The molecule has 2 aromatic heterocycles. The first kappa shape index (κ1) is 13.5. The van der Waals surface area contributed by atoms with Gasteiger partial charge in [0, 0.05) is 11.9 Å². The fraction of sp³-hybridized carbons (Fsp3) is 0.455. The van der Waals surface area contributed by atoms with E-state index in [1.807, 2.05) is 13.8 Å². The van der Waals surface area contributed by atoms with Gasteiger partial charge in [0.05, 0.1) is 22.2 Å². The summed E-state index contributed by atoms with van der Waals surface area (Å²) in [5.74, 6) is 0.410. The van der Waals surface area contributed by atoms with Gasteiger partial charge in [0.1, 0.15) is 5.69 Å². The number of hydrogen-bond donors (Lipinski definition) is 1. The number of thiazole rings is 1. The number of aromatic nitrogens is 3. The van der Waals surface area contributed by atoms with Crippen molar-refractivity contribution in [2.75, 3.05) is 5.32 Å². The second-order valence-corrected chi connectivity index (χ2v) is 5.66. The molecule has 19 heavy (non-hydrogen) atoms. The molecule has 0 aliphatic carbocycles. The quantitative estimate of drug-likeness (QED) is 0.686. The molecule has 7 nitrogen and oxygen atoms in total. The van der Waals surface area contributed by atoms with Crippen molar-refractivity contribution < 1.29 is 4.92 Å². The molecule has 0 radical (unpaired) electrons. The summed E-state index contributed by atoms with van der Waals surface area (Å²) in [5.41, 5.74) is 1.34. The van der Waals surface area contributed by atoms with Gasteiger partial charge in [-0.1, -0.05) is 0 Å². The lowest BCUT2D eigenvalue weighted by molar-refractivity contribution is -0.384. The smallest absolute Gasteiger partial charge is 0.333 e. The molecule has 0 atom stereocenters. The Morgan fingerprint density at radius 1 is 1.42 bits per heavy atom. The molecule has 0 saturated carbocycles. The van der Waals surface area contributed by atoms with Crippen molar-refractivity contribution in [3.63, 3.8) is 0 Å². The molecule has 0 aliphatic rings. The highest BCUT2D eigenvalue weighted by atomic mass is 32.1. The van der Waals surface area contributed by atoms with Crippen LogP contribution in [0.2, 0.25) is 0 Å². The molecule has 0 amide bonds. The molecular weight excluding hydrogens is 266 g/mol. The fourth-order valence-electron chi connectivity index (χ4n) is 1.97. The number of hydrogen-bond acceptors (Lipinski definition) is 6. The van der Waals surface area contributed by atoms with Crippen LogP contribution in [0.5, 0.6) is 0 Å². The maximum atomic E-state index is 11.0. The minimum Gasteiger partial charge on any atom is -0.359 e. The molecule has 102 valence electrons. The zero-order valence-electron chi connectivity index (χ0n) is 11.2. The third-order valence-corrected chi connectivity index (χ3v) is 3.72. The predicted octanol–water partition coefficient (Wildman–Crippen LogP) is 2.32. The first-order valence-electron chi connectivity index (χ1n) is 5.75. The largest absolute Gasteiger partial charge is 0.359 e. The number of nitrogens with one attached hydrogen (secondary N) is 1. The lowest BCUT2D eigenvalue weighted by Crippen LogP contribution is -2.07. The summed E-state index contributed by atoms with van der Waals surface area (Å²) >= 11 is 1.62. The highest BCUT2D eigenvalue weighted by molar-refractivity contribution is 7.11. The van der Waals surface area contributed by atoms with Crippen LogP contribution in [-0.4, -0.2) is 19.7 Å². The van der Waals surface area contributed by atoms with Crippen LogP contribution < -0.4 is 5.32 Å². The second kappa shape index (κ2) is 4.96. The van der Waals surface area contributed by atoms with Gasteiger partial charge in [-0.05, 0) is 20.8 Å². The van der Waals surface area contributed by atoms with E-state index in [4.69, 9.17) is 0 Å². The van der Waals surface area contributed by atoms with Gasteiger partial charge in [0.2, 0.25) is 5.82 Å². The molecule has 0 aromatic carbocycles. The summed E-state index contributed by atoms with van der Waals surface area (Å²) in [4.78, 5) is 16.1. The molecule has 0 spiro atoms. The first-order valence-corrected chi connectivity index (χ1v) is 6.56. The molecule has 2 rings (SSSR count). The van der Waals surface area contributed by atoms with Crippen LogP contribution in [0.25, 0.3) is 0 Å². The number of aryl methyl sites for hydroxylation is 4. The van der Waals surface area contributed by atoms with Gasteiger partial charge >= 0.3 is 5.69 Å². The molecule has 0 bridgehead atoms. The number of rotatable bonds is 4. The fourth-order valence-corrected chi connectivity index (χ4v) is 2.80. The second-order valence-electron chi connectivity index (χ2n) is 4.25. The van der Waals surface area contributed by atoms with E-state index in [1.54, 1.807) is 25.3 Å². The van der Waals surface area contributed by atoms with Gasteiger partial charge in [-0.15, -0.1) is 11.3 Å². The SMILES string of the molecule is Cc1nc(CNc2c([N+](=O)[O-])c(C)nn2C)c(C)s1. The zero-order chi connectivity index (χ0) is 14.2. The van der Waals surface area contributed by atoms with E-state index < -0.39 is 4.92 Å². The molecule has 0 saturated heterocycles. The van der Waals surface area contributed by atoms with E-state index >= 15 is 0 Å². The Bertz CT molecular complexity index is 631. The Balaban J connectivity index is 2.25. The lowest BCUT2D eigenvalue weighted by atomic mass is 10.3. The van der Waals surface area contributed by atoms with E-state index in [9.17, 15) is 10.1 Å². The van der Waals surface area contributed by atoms with Gasteiger partial charge in [0.25, 0.3) is 0 Å². The Morgan fingerprint density at radius 2 is 2.11 bits per heavy atom. The van der Waals surface area contributed by atoms with Crippen molar-refractivity contribution in [2.45, 2.75) is 27.3 Å². The summed E-state index contributed by atoms with van der Waals surface area (Å²) in [7, 11) is 1.68. The van der Waals surface area contributed by atoms with Crippen LogP contribution in [0.15, 0.2) is 0 Å². The summed E-state index contributed by atoms with van der Waals surface area (Å²) in [5, 5.41) is 19.2. The summed E-state index contributed by atoms with van der Waals surface area (Å²) < 4.78 is 1.49. The summed E-state index contributed by atoms with van der Waals surface area (Å²) in [6, 6.07) is 0. The van der Waals surface area contributed by atoms with Crippen molar-refractivity contribution >= 4 is 22.8 Å². The Kier molecular flexibility index (Phi) is 3.52. The van der Waals surface area contributed by atoms with Gasteiger partial charge in [-0.25, -0.2) is 9.67 Å². The highest BCUT2D eigenvalue weighted by Crippen LogP contribution is 2.28. The standard InChI is InChI=1S/C11H15N5O2S/c1-6-10(16(17)18)11(15(4)14-6)12-5-9-7(2)19-8(3)13-9/h12H,5H2,1-4H3. The number of nitro groups is 1. The van der Waals surface area contributed by atoms with Crippen molar-refractivity contribution in [3.05, 3.63) is 31.4 Å².